The van der Waals surface area contributed by atoms with Gasteiger partial charge in [-0.2, -0.15) is 0 Å². The van der Waals surface area contributed by atoms with Crippen molar-refractivity contribution in [2.75, 3.05) is 33.4 Å². The topological polar surface area (TPSA) is 48.0 Å². The Labute approximate surface area is 165 Å². The minimum absolute atomic E-state index is 0.113. The molecule has 5 nitrogen and oxygen atoms in total. The van der Waals surface area contributed by atoms with E-state index < -0.39 is 0 Å². The lowest BCUT2D eigenvalue weighted by Gasteiger charge is -2.26. The molecule has 5 heteroatoms. The molecule has 0 unspecified atom stereocenters. The number of ether oxygens (including phenoxy) is 3. The highest BCUT2D eigenvalue weighted by atomic mass is 16.5. The minimum atomic E-state index is -0.113. The molecule has 2 aliphatic heterocycles. The summed E-state index contributed by atoms with van der Waals surface area (Å²) in [6.07, 6.45) is 5.62. The smallest absolute Gasteiger partial charge is 0.231 e. The van der Waals surface area contributed by atoms with Gasteiger partial charge < -0.3 is 14.2 Å². The van der Waals surface area contributed by atoms with E-state index >= 15 is 0 Å². The maximum atomic E-state index is 12.6. The number of likely N-dealkylation sites (tertiary alicyclic amines) is 1. The van der Waals surface area contributed by atoms with Crippen molar-refractivity contribution in [3.63, 3.8) is 0 Å². The number of carbonyl (C=O) groups is 1. The quantitative estimate of drug-likeness (QED) is 0.705. The van der Waals surface area contributed by atoms with E-state index in [-0.39, 0.29) is 5.78 Å². The number of carbonyl (C=O) groups excluding carboxylic acids is 1. The lowest BCUT2D eigenvalue weighted by atomic mass is 10.1. The summed E-state index contributed by atoms with van der Waals surface area (Å²) in [6, 6.07) is 12.9. The number of Topliss-reactive ketones (excluding diaryl/α,β-unsaturated/α-hetero) is 1. The van der Waals surface area contributed by atoms with Gasteiger partial charge in [0.25, 0.3) is 0 Å². The highest BCUT2D eigenvalue weighted by molar-refractivity contribution is 6.14. The van der Waals surface area contributed by atoms with E-state index in [1.54, 1.807) is 25.3 Å². The van der Waals surface area contributed by atoms with Crippen molar-refractivity contribution in [2.24, 2.45) is 0 Å². The first kappa shape index (κ1) is 18.6. The monoisotopic (exact) mass is 379 g/mol. The summed E-state index contributed by atoms with van der Waals surface area (Å²) in [4.78, 5) is 15.1. The van der Waals surface area contributed by atoms with Gasteiger partial charge in [0.1, 0.15) is 23.9 Å². The van der Waals surface area contributed by atoms with Crippen LogP contribution >= 0.6 is 0 Å². The molecular weight excluding hydrogens is 354 g/mol. The number of piperidine rings is 1. The first-order valence-electron chi connectivity index (χ1n) is 9.80. The maximum Gasteiger partial charge on any atom is 0.231 e. The molecule has 2 aromatic rings. The van der Waals surface area contributed by atoms with Crippen molar-refractivity contribution in [3.8, 4) is 17.2 Å². The van der Waals surface area contributed by atoms with E-state index in [9.17, 15) is 4.79 Å². The highest BCUT2D eigenvalue weighted by Gasteiger charge is 2.27. The second-order valence-corrected chi connectivity index (χ2v) is 7.13. The standard InChI is InChI=1S/C23H25NO4/c1-26-18-7-5-6-17(14-18)15-22-23(25)20-9-8-19(16-21(20)28-22)27-13-12-24-10-3-2-4-11-24/h5-9,14-16H,2-4,10-13H2,1H3/b22-15+. The maximum absolute atomic E-state index is 12.6. The van der Waals surface area contributed by atoms with Crippen molar-refractivity contribution in [1.82, 2.24) is 4.90 Å². The van der Waals surface area contributed by atoms with Gasteiger partial charge in [-0.15, -0.1) is 0 Å². The van der Waals surface area contributed by atoms with Crippen molar-refractivity contribution in [1.29, 1.82) is 0 Å². The number of methoxy groups -OCH3 is 1. The van der Waals surface area contributed by atoms with Gasteiger partial charge in [0, 0.05) is 12.6 Å². The van der Waals surface area contributed by atoms with Gasteiger partial charge in [-0.3, -0.25) is 9.69 Å². The summed E-state index contributed by atoms with van der Waals surface area (Å²) in [5.74, 6) is 2.22. The Balaban J connectivity index is 1.41. The van der Waals surface area contributed by atoms with Gasteiger partial charge in [0.2, 0.25) is 5.78 Å². The van der Waals surface area contributed by atoms with Crippen LogP contribution in [0.3, 0.4) is 0 Å². The second-order valence-electron chi connectivity index (χ2n) is 7.13. The molecule has 1 saturated heterocycles. The van der Waals surface area contributed by atoms with Crippen LogP contribution in [0.15, 0.2) is 48.2 Å². The molecule has 2 aromatic carbocycles. The fourth-order valence-corrected chi connectivity index (χ4v) is 3.62. The molecule has 0 aromatic heterocycles. The number of rotatable bonds is 6. The summed E-state index contributed by atoms with van der Waals surface area (Å²) in [5.41, 5.74) is 1.42. The molecule has 0 N–H and O–H groups in total. The molecule has 146 valence electrons. The molecule has 0 aliphatic carbocycles. The number of ketones is 1. The van der Waals surface area contributed by atoms with Crippen molar-refractivity contribution < 1.29 is 19.0 Å². The number of hydrogen-bond donors (Lipinski definition) is 0. The summed E-state index contributed by atoms with van der Waals surface area (Å²) in [7, 11) is 1.62. The van der Waals surface area contributed by atoms with Crippen LogP contribution in [0.2, 0.25) is 0 Å². The Morgan fingerprint density at radius 3 is 2.75 bits per heavy atom. The number of nitrogens with zero attached hydrogens (tertiary/aromatic N) is 1. The zero-order valence-electron chi connectivity index (χ0n) is 16.1. The molecule has 0 amide bonds. The zero-order valence-corrected chi connectivity index (χ0v) is 16.1. The molecule has 0 radical (unpaired) electrons. The van der Waals surface area contributed by atoms with Crippen molar-refractivity contribution in [3.05, 3.63) is 59.4 Å². The summed E-state index contributed by atoms with van der Waals surface area (Å²) in [5, 5.41) is 0. The minimum Gasteiger partial charge on any atom is -0.497 e. The third-order valence-corrected chi connectivity index (χ3v) is 5.16. The van der Waals surface area contributed by atoms with Gasteiger partial charge in [0.15, 0.2) is 5.76 Å². The average Bonchev–Trinajstić information content (AvgIpc) is 3.04. The Kier molecular flexibility index (Phi) is 5.63. The van der Waals surface area contributed by atoms with Crippen LogP contribution in [-0.2, 0) is 0 Å². The fourth-order valence-electron chi connectivity index (χ4n) is 3.62. The van der Waals surface area contributed by atoms with E-state index in [4.69, 9.17) is 14.2 Å². The van der Waals surface area contributed by atoms with Gasteiger partial charge in [-0.05, 0) is 61.8 Å². The van der Waals surface area contributed by atoms with Crippen molar-refractivity contribution in [2.45, 2.75) is 19.3 Å². The van der Waals surface area contributed by atoms with Gasteiger partial charge in [-0.25, -0.2) is 0 Å². The van der Waals surface area contributed by atoms with Crippen LogP contribution in [0.25, 0.3) is 6.08 Å². The van der Waals surface area contributed by atoms with Gasteiger partial charge >= 0.3 is 0 Å². The molecule has 28 heavy (non-hydrogen) atoms. The predicted octanol–water partition coefficient (Wildman–Crippen LogP) is 4.18. The number of fused-ring (bicyclic) bond motifs is 1. The Morgan fingerprint density at radius 2 is 1.93 bits per heavy atom. The van der Waals surface area contributed by atoms with Crippen LogP contribution in [0.1, 0.15) is 35.2 Å². The Hall–Kier alpha value is -2.79. The van der Waals surface area contributed by atoms with Crippen molar-refractivity contribution >= 4 is 11.9 Å². The number of hydrogen-bond acceptors (Lipinski definition) is 5. The van der Waals surface area contributed by atoms with Crippen LogP contribution in [-0.4, -0.2) is 44.0 Å². The molecule has 1 fully saturated rings. The van der Waals surface area contributed by atoms with E-state index in [0.717, 1.165) is 36.7 Å². The molecule has 0 saturated carbocycles. The third kappa shape index (κ3) is 4.20. The molecule has 2 heterocycles. The van der Waals surface area contributed by atoms with E-state index in [1.165, 1.54) is 19.3 Å². The second kappa shape index (κ2) is 8.48. The number of benzene rings is 2. The highest BCUT2D eigenvalue weighted by Crippen LogP contribution is 2.35. The zero-order chi connectivity index (χ0) is 19.3. The Morgan fingerprint density at radius 1 is 1.07 bits per heavy atom. The SMILES string of the molecule is COc1cccc(/C=C2/Oc3cc(OCCN4CCCCC4)ccc3C2=O)c1. The van der Waals surface area contributed by atoms with Crippen LogP contribution in [0, 0.1) is 0 Å². The van der Waals surface area contributed by atoms with Crippen LogP contribution in [0.5, 0.6) is 17.2 Å². The largest absolute Gasteiger partial charge is 0.497 e. The van der Waals surface area contributed by atoms with E-state index in [2.05, 4.69) is 4.90 Å². The average molecular weight is 379 g/mol. The Bertz CT molecular complexity index is 884. The van der Waals surface area contributed by atoms with E-state index in [1.807, 2.05) is 30.3 Å². The van der Waals surface area contributed by atoms with Crippen LogP contribution in [0.4, 0.5) is 0 Å². The molecule has 2 aliphatic rings. The molecule has 0 bridgehead atoms. The first-order chi connectivity index (χ1) is 13.7. The predicted molar refractivity (Wildman–Crippen MR) is 108 cm³/mol. The summed E-state index contributed by atoms with van der Waals surface area (Å²) < 4.78 is 16.9. The molecule has 0 atom stereocenters. The van der Waals surface area contributed by atoms with Crippen LogP contribution < -0.4 is 14.2 Å². The molecular formula is C23H25NO4. The fraction of sp³-hybridized carbons (Fsp3) is 0.348. The van der Waals surface area contributed by atoms with Gasteiger partial charge in [0.05, 0.1) is 12.7 Å². The molecule has 0 spiro atoms. The lowest BCUT2D eigenvalue weighted by Crippen LogP contribution is -2.33. The number of allylic oxidation sites excluding steroid dienone is 1. The lowest BCUT2D eigenvalue weighted by molar-refractivity contribution is 0.101. The van der Waals surface area contributed by atoms with E-state index in [0.29, 0.717) is 23.7 Å². The summed E-state index contributed by atoms with van der Waals surface area (Å²) in [6.45, 7) is 3.88. The first-order valence-corrected chi connectivity index (χ1v) is 9.80. The summed E-state index contributed by atoms with van der Waals surface area (Å²) >= 11 is 0. The third-order valence-electron chi connectivity index (χ3n) is 5.16. The molecule has 4 rings (SSSR count). The normalized spacial score (nSPS) is 18.0. The van der Waals surface area contributed by atoms with Gasteiger partial charge in [-0.1, -0.05) is 18.6 Å².